The highest BCUT2D eigenvalue weighted by Crippen LogP contribution is 2.47. The van der Waals surface area contributed by atoms with Crippen molar-refractivity contribution >= 4 is 23.9 Å². The second kappa shape index (κ2) is 17.1. The van der Waals surface area contributed by atoms with Crippen molar-refractivity contribution in [3.8, 4) is 12.3 Å². The number of hydrogen-bond donors (Lipinski definition) is 0. The molecule has 9 nitrogen and oxygen atoms in total. The van der Waals surface area contributed by atoms with Gasteiger partial charge in [0.15, 0.2) is 0 Å². The van der Waals surface area contributed by atoms with Crippen LogP contribution in [0.3, 0.4) is 0 Å². The number of methoxy groups -OCH3 is 2. The van der Waals surface area contributed by atoms with Crippen molar-refractivity contribution < 1.29 is 38.1 Å². The molecule has 0 spiro atoms. The molecule has 4 bridgehead atoms. The van der Waals surface area contributed by atoms with E-state index < -0.39 is 18.0 Å². The fraction of sp³-hybridized carbons (Fsp3) is 0.526. The number of carbonyl (C=O) groups excluding carboxylic acids is 4. The average molecular weight is 648 g/mol. The van der Waals surface area contributed by atoms with Gasteiger partial charge in [0, 0.05) is 18.5 Å². The molecule has 4 unspecified atom stereocenters. The van der Waals surface area contributed by atoms with Gasteiger partial charge >= 0.3 is 23.9 Å². The van der Waals surface area contributed by atoms with Crippen molar-refractivity contribution in [3.63, 3.8) is 0 Å². The van der Waals surface area contributed by atoms with Gasteiger partial charge in [-0.25, -0.2) is 9.59 Å². The van der Waals surface area contributed by atoms with Crippen LogP contribution in [0.4, 0.5) is 0 Å². The zero-order chi connectivity index (χ0) is 31.9. The maximum Gasteiger partial charge on any atom is 0.338 e. The molecule has 9 heteroatoms. The number of esters is 4. The molecule has 47 heavy (non-hydrogen) atoms. The van der Waals surface area contributed by atoms with Gasteiger partial charge in [0.05, 0.1) is 37.8 Å². The first-order valence-corrected chi connectivity index (χ1v) is 15.7. The molecule has 8 atom stereocenters. The van der Waals surface area contributed by atoms with Crippen LogP contribution < -0.4 is 0 Å². The Morgan fingerprint density at radius 3 is 1.79 bits per heavy atom. The van der Waals surface area contributed by atoms with Gasteiger partial charge in [-0.05, 0) is 68.2 Å². The summed E-state index contributed by atoms with van der Waals surface area (Å²) >= 11 is 0. The number of ether oxygens (including phenoxy) is 4. The molecule has 0 amide bonds. The van der Waals surface area contributed by atoms with Gasteiger partial charge in [0.1, 0.15) is 18.1 Å². The van der Waals surface area contributed by atoms with E-state index in [0.717, 1.165) is 38.5 Å². The molecule has 0 N–H and O–H groups in total. The van der Waals surface area contributed by atoms with E-state index in [4.69, 9.17) is 25.4 Å². The molecular formula is C38H49NO8. The normalized spacial score (nSPS) is 28.4. The minimum atomic E-state index is -0.491. The van der Waals surface area contributed by atoms with Gasteiger partial charge in [-0.15, -0.1) is 6.42 Å². The van der Waals surface area contributed by atoms with E-state index in [2.05, 4.69) is 10.8 Å². The quantitative estimate of drug-likeness (QED) is 0.204. The second-order valence-corrected chi connectivity index (χ2v) is 12.3. The van der Waals surface area contributed by atoms with Gasteiger partial charge in [0.25, 0.3) is 0 Å². The van der Waals surface area contributed by atoms with E-state index in [9.17, 15) is 19.2 Å². The predicted molar refractivity (Wildman–Crippen MR) is 178 cm³/mol. The summed E-state index contributed by atoms with van der Waals surface area (Å²) in [6.07, 6.45) is 11.1. The fourth-order valence-corrected chi connectivity index (χ4v) is 7.78. The maximum absolute atomic E-state index is 12.4. The van der Waals surface area contributed by atoms with Crippen molar-refractivity contribution in [3.05, 3.63) is 71.8 Å². The van der Waals surface area contributed by atoms with Crippen LogP contribution in [0.25, 0.3) is 0 Å². The van der Waals surface area contributed by atoms with E-state index in [1.807, 2.05) is 12.1 Å². The lowest BCUT2D eigenvalue weighted by molar-refractivity contribution is -0.156. The van der Waals surface area contributed by atoms with Crippen LogP contribution in [0, 0.1) is 36.0 Å². The Kier molecular flexibility index (Phi) is 13.6. The first kappa shape index (κ1) is 37.3. The zero-order valence-corrected chi connectivity index (χ0v) is 25.8. The molecule has 254 valence electrons. The molecule has 2 saturated heterocycles. The summed E-state index contributed by atoms with van der Waals surface area (Å²) in [4.78, 5) is 51.2. The molecule has 2 aromatic carbocycles. The van der Waals surface area contributed by atoms with Gasteiger partial charge < -0.3 is 18.9 Å². The molecule has 2 heterocycles. The summed E-state index contributed by atoms with van der Waals surface area (Å²) in [5.41, 5.74) is 1.01. The smallest absolute Gasteiger partial charge is 0.338 e. The Hall–Kier alpha value is -4.16. The predicted octanol–water partition coefficient (Wildman–Crippen LogP) is 5.96. The highest BCUT2D eigenvalue weighted by atomic mass is 16.6. The lowest BCUT2D eigenvalue weighted by Crippen LogP contribution is -2.55. The number of nitrogens with zero attached hydrogens (tertiary/aromatic N) is 1. The van der Waals surface area contributed by atoms with Crippen molar-refractivity contribution in [2.45, 2.75) is 84.1 Å². The third kappa shape index (κ3) is 8.41. The lowest BCUT2D eigenvalue weighted by Gasteiger charge is -2.41. The Morgan fingerprint density at radius 2 is 1.26 bits per heavy atom. The van der Waals surface area contributed by atoms with Crippen LogP contribution in [0.2, 0.25) is 0 Å². The monoisotopic (exact) mass is 647 g/mol. The van der Waals surface area contributed by atoms with E-state index in [0.29, 0.717) is 35.9 Å². The summed E-state index contributed by atoms with van der Waals surface area (Å²) in [6.45, 7) is 0.502. The summed E-state index contributed by atoms with van der Waals surface area (Å²) < 4.78 is 21.3. The second-order valence-electron chi connectivity index (χ2n) is 12.3. The fourth-order valence-electron chi connectivity index (χ4n) is 7.78. The van der Waals surface area contributed by atoms with Crippen molar-refractivity contribution in [2.24, 2.45) is 23.7 Å². The summed E-state index contributed by atoms with van der Waals surface area (Å²) in [7, 11) is 2.77. The third-order valence-electron chi connectivity index (χ3n) is 9.82. The van der Waals surface area contributed by atoms with Crippen LogP contribution in [-0.2, 0) is 28.5 Å². The topological polar surface area (TPSA) is 108 Å². The maximum atomic E-state index is 12.4. The number of fused-ring (bicyclic) bond motifs is 4. The largest absolute Gasteiger partial charge is 0.469 e. The van der Waals surface area contributed by atoms with Crippen molar-refractivity contribution in [1.82, 2.24) is 4.90 Å². The summed E-state index contributed by atoms with van der Waals surface area (Å²) in [5, 5.41) is 0. The molecular weight excluding hydrogens is 598 g/mol. The molecule has 2 aliphatic heterocycles. The van der Waals surface area contributed by atoms with Crippen LogP contribution >= 0.6 is 0 Å². The number of rotatable bonds is 7. The summed E-state index contributed by atoms with van der Waals surface area (Å²) in [6, 6.07) is 18.0. The zero-order valence-electron chi connectivity index (χ0n) is 25.8. The van der Waals surface area contributed by atoms with E-state index in [1.54, 1.807) is 48.5 Å². The Bertz CT molecular complexity index is 1390. The van der Waals surface area contributed by atoms with Crippen LogP contribution in [-0.4, -0.2) is 73.8 Å². The molecule has 0 aromatic heterocycles. The van der Waals surface area contributed by atoms with Crippen LogP contribution in [0.1, 0.15) is 80.5 Å². The van der Waals surface area contributed by atoms with E-state index in [-0.39, 0.29) is 56.9 Å². The number of benzene rings is 2. The standard InChI is InChI=1S/C19H21NO4.C17H20O4.2CH4/c1-3-11-20-14-9-10-15(20)17(19(22)23-2)16(12-14)24-18(21)13-7-5-4-6-8-13;1-20-17(19)15-13-8-7-11(9-13)10-14(15)21-16(18)12-5-3-2-4-6-12;;/h1,4-8,14-17H,9-12H2,2H3;2-6,11,13-15H,7-10H2,1H3;2*1H4/t14?,15?,16-,17+;11?,13?,14-,15+;;/m00../s1. The van der Waals surface area contributed by atoms with Gasteiger partial charge in [-0.3, -0.25) is 14.5 Å². The average Bonchev–Trinajstić information content (AvgIpc) is 3.58. The van der Waals surface area contributed by atoms with Gasteiger partial charge in [-0.1, -0.05) is 63.6 Å². The third-order valence-corrected chi connectivity index (χ3v) is 9.82. The molecule has 2 saturated carbocycles. The van der Waals surface area contributed by atoms with Crippen LogP contribution in [0.15, 0.2) is 60.7 Å². The number of carbonyl (C=O) groups is 4. The van der Waals surface area contributed by atoms with Crippen LogP contribution in [0.5, 0.6) is 0 Å². The molecule has 4 fully saturated rings. The lowest BCUT2D eigenvalue weighted by atomic mass is 9.77. The minimum absolute atomic E-state index is 0. The molecule has 2 aliphatic carbocycles. The van der Waals surface area contributed by atoms with E-state index >= 15 is 0 Å². The SMILES string of the molecule is C.C.C#CCN1C2CCC1[C@@H](C(=O)OC)[C@@H](OC(=O)c1ccccc1)C2.COC(=O)[C@@H]1C2CCC(C2)C[C@@H]1OC(=O)c1ccccc1. The Labute approximate surface area is 279 Å². The van der Waals surface area contributed by atoms with Crippen molar-refractivity contribution in [1.29, 1.82) is 0 Å². The first-order chi connectivity index (χ1) is 21.8. The number of piperidine rings is 1. The number of terminal acetylenes is 1. The summed E-state index contributed by atoms with van der Waals surface area (Å²) in [5.74, 6) is 1.40. The minimum Gasteiger partial charge on any atom is -0.469 e. The first-order valence-electron chi connectivity index (χ1n) is 15.7. The molecule has 6 rings (SSSR count). The Morgan fingerprint density at radius 1 is 0.723 bits per heavy atom. The number of hydrogen-bond acceptors (Lipinski definition) is 9. The van der Waals surface area contributed by atoms with Crippen molar-refractivity contribution in [2.75, 3.05) is 20.8 Å². The molecule has 4 aliphatic rings. The molecule has 0 radical (unpaired) electrons. The van der Waals surface area contributed by atoms with Gasteiger partial charge in [0.2, 0.25) is 0 Å². The van der Waals surface area contributed by atoms with Gasteiger partial charge in [-0.2, -0.15) is 0 Å². The highest BCUT2D eigenvalue weighted by Gasteiger charge is 2.52. The highest BCUT2D eigenvalue weighted by molar-refractivity contribution is 5.90. The molecule has 2 aromatic rings. The van der Waals surface area contributed by atoms with E-state index in [1.165, 1.54) is 14.2 Å². The Balaban J connectivity index is 0.000000247.